The van der Waals surface area contributed by atoms with Crippen molar-refractivity contribution in [2.45, 2.75) is 55.9 Å². The first-order chi connectivity index (χ1) is 13.9. The molecular weight excluding hydrogens is 388 g/mol. The van der Waals surface area contributed by atoms with Gasteiger partial charge in [-0.25, -0.2) is 8.42 Å². The second kappa shape index (κ2) is 9.24. The molecule has 1 aromatic carbocycles. The van der Waals surface area contributed by atoms with E-state index in [0.29, 0.717) is 43.9 Å². The molecule has 1 N–H and O–H groups in total. The maximum absolute atomic E-state index is 12.9. The van der Waals surface area contributed by atoms with Crippen LogP contribution < -0.4 is 5.32 Å². The van der Waals surface area contributed by atoms with E-state index in [2.05, 4.69) is 18.3 Å². The summed E-state index contributed by atoms with van der Waals surface area (Å²) >= 11 is 0. The molecule has 2 fully saturated rings. The standard InChI is InChI=1S/C21H30N4O3S/c1-2-5-18-6-8-19(9-7-18)29(27,28)25-14-12-24(13-15-25)16-20(26)23-21(17-22)10-3-4-11-21/h6-9H,2-5,10-16H2,1H3,(H,23,26). The maximum Gasteiger partial charge on any atom is 0.243 e. The number of piperazine rings is 1. The molecule has 7 nitrogen and oxygen atoms in total. The number of nitrogens with one attached hydrogen (secondary N) is 1. The Morgan fingerprint density at radius 2 is 1.76 bits per heavy atom. The van der Waals surface area contributed by atoms with Gasteiger partial charge in [0.25, 0.3) is 0 Å². The Kier molecular flexibility index (Phi) is 6.93. The first-order valence-electron chi connectivity index (χ1n) is 10.4. The van der Waals surface area contributed by atoms with Gasteiger partial charge in [0.15, 0.2) is 0 Å². The van der Waals surface area contributed by atoms with Gasteiger partial charge in [0.1, 0.15) is 5.54 Å². The largest absolute Gasteiger partial charge is 0.337 e. The van der Waals surface area contributed by atoms with Crippen LogP contribution in [0.1, 0.15) is 44.6 Å². The zero-order chi connectivity index (χ0) is 20.9. The quantitative estimate of drug-likeness (QED) is 0.730. The predicted octanol–water partition coefficient (Wildman–Crippen LogP) is 1.90. The van der Waals surface area contributed by atoms with Gasteiger partial charge in [0.2, 0.25) is 15.9 Å². The molecule has 1 aliphatic carbocycles. The number of hydrogen-bond donors (Lipinski definition) is 1. The van der Waals surface area contributed by atoms with Crippen LogP contribution in [0.4, 0.5) is 0 Å². The van der Waals surface area contributed by atoms with E-state index in [1.165, 1.54) is 4.31 Å². The van der Waals surface area contributed by atoms with Crippen molar-refractivity contribution in [2.75, 3.05) is 32.7 Å². The molecule has 1 heterocycles. The minimum absolute atomic E-state index is 0.156. The van der Waals surface area contributed by atoms with Crippen molar-refractivity contribution in [1.82, 2.24) is 14.5 Å². The van der Waals surface area contributed by atoms with Crippen LogP contribution in [-0.4, -0.2) is 61.8 Å². The highest BCUT2D eigenvalue weighted by atomic mass is 32.2. The Hall–Kier alpha value is -1.95. The third-order valence-electron chi connectivity index (χ3n) is 5.85. The molecule has 0 aromatic heterocycles. The van der Waals surface area contributed by atoms with Crippen molar-refractivity contribution in [3.8, 4) is 6.07 Å². The summed E-state index contributed by atoms with van der Waals surface area (Å²) in [7, 11) is -3.51. The topological polar surface area (TPSA) is 93.5 Å². The average Bonchev–Trinajstić information content (AvgIpc) is 3.18. The number of sulfonamides is 1. The third kappa shape index (κ3) is 5.16. The van der Waals surface area contributed by atoms with Crippen molar-refractivity contribution >= 4 is 15.9 Å². The van der Waals surface area contributed by atoms with Crippen LogP contribution >= 0.6 is 0 Å². The third-order valence-corrected chi connectivity index (χ3v) is 7.76. The molecule has 1 aromatic rings. The van der Waals surface area contributed by atoms with Gasteiger partial charge >= 0.3 is 0 Å². The highest BCUT2D eigenvalue weighted by Gasteiger charge is 2.36. The van der Waals surface area contributed by atoms with Crippen molar-refractivity contribution in [2.24, 2.45) is 0 Å². The van der Waals surface area contributed by atoms with Crippen LogP contribution in [0, 0.1) is 11.3 Å². The summed E-state index contributed by atoms with van der Waals surface area (Å²) in [4.78, 5) is 14.7. The van der Waals surface area contributed by atoms with Crippen LogP contribution in [0.25, 0.3) is 0 Å². The Bertz CT molecular complexity index is 847. The Morgan fingerprint density at radius 3 is 2.31 bits per heavy atom. The van der Waals surface area contributed by atoms with Crippen LogP contribution in [-0.2, 0) is 21.2 Å². The van der Waals surface area contributed by atoms with E-state index in [4.69, 9.17) is 0 Å². The molecule has 158 valence electrons. The number of nitrogens with zero attached hydrogens (tertiary/aromatic N) is 3. The summed E-state index contributed by atoms with van der Waals surface area (Å²) in [5.74, 6) is -0.156. The highest BCUT2D eigenvalue weighted by molar-refractivity contribution is 7.89. The number of rotatable bonds is 7. The molecule has 1 amide bonds. The molecule has 1 aliphatic heterocycles. The fourth-order valence-electron chi connectivity index (χ4n) is 4.15. The highest BCUT2D eigenvalue weighted by Crippen LogP contribution is 2.28. The zero-order valence-electron chi connectivity index (χ0n) is 17.1. The molecule has 29 heavy (non-hydrogen) atoms. The normalized spacial score (nSPS) is 20.3. The van der Waals surface area contributed by atoms with E-state index in [9.17, 15) is 18.5 Å². The summed E-state index contributed by atoms with van der Waals surface area (Å²) in [6.45, 7) is 4.01. The van der Waals surface area contributed by atoms with Crippen LogP contribution in [0.2, 0.25) is 0 Å². The Labute approximate surface area is 173 Å². The molecule has 0 spiro atoms. The summed E-state index contributed by atoms with van der Waals surface area (Å²) in [5, 5.41) is 12.3. The van der Waals surface area contributed by atoms with E-state index in [1.807, 2.05) is 17.0 Å². The lowest BCUT2D eigenvalue weighted by Crippen LogP contribution is -2.53. The minimum atomic E-state index is -3.51. The summed E-state index contributed by atoms with van der Waals surface area (Å²) in [5.41, 5.74) is 0.423. The van der Waals surface area contributed by atoms with Crippen LogP contribution in [0.5, 0.6) is 0 Å². The van der Waals surface area contributed by atoms with Crippen molar-refractivity contribution in [3.05, 3.63) is 29.8 Å². The molecule has 8 heteroatoms. The van der Waals surface area contributed by atoms with Gasteiger partial charge < -0.3 is 5.32 Å². The number of amides is 1. The fraction of sp³-hybridized carbons (Fsp3) is 0.619. The second-order valence-electron chi connectivity index (χ2n) is 8.02. The summed E-state index contributed by atoms with van der Waals surface area (Å²) in [6, 6.07) is 9.39. The van der Waals surface area contributed by atoms with Crippen molar-refractivity contribution in [3.63, 3.8) is 0 Å². The van der Waals surface area contributed by atoms with Gasteiger partial charge in [-0.1, -0.05) is 25.5 Å². The van der Waals surface area contributed by atoms with E-state index in [-0.39, 0.29) is 12.5 Å². The Morgan fingerprint density at radius 1 is 1.14 bits per heavy atom. The minimum Gasteiger partial charge on any atom is -0.337 e. The van der Waals surface area contributed by atoms with E-state index in [1.54, 1.807) is 12.1 Å². The SMILES string of the molecule is CCCc1ccc(S(=O)(=O)N2CCN(CC(=O)NC3(C#N)CCCC3)CC2)cc1. The monoisotopic (exact) mass is 418 g/mol. The number of nitriles is 1. The second-order valence-corrected chi connectivity index (χ2v) is 9.96. The molecule has 0 bridgehead atoms. The van der Waals surface area contributed by atoms with Gasteiger partial charge in [0, 0.05) is 26.2 Å². The van der Waals surface area contributed by atoms with E-state index < -0.39 is 15.6 Å². The molecule has 0 unspecified atom stereocenters. The number of aryl methyl sites for hydroxylation is 1. The lowest BCUT2D eigenvalue weighted by Gasteiger charge is -2.34. The van der Waals surface area contributed by atoms with E-state index in [0.717, 1.165) is 31.2 Å². The maximum atomic E-state index is 12.9. The van der Waals surface area contributed by atoms with Gasteiger partial charge in [0.05, 0.1) is 17.5 Å². The van der Waals surface area contributed by atoms with Crippen LogP contribution in [0.3, 0.4) is 0 Å². The first-order valence-corrected chi connectivity index (χ1v) is 11.9. The lowest BCUT2D eigenvalue weighted by atomic mass is 10.00. The molecule has 0 radical (unpaired) electrons. The van der Waals surface area contributed by atoms with Gasteiger partial charge in [-0.05, 0) is 49.8 Å². The lowest BCUT2D eigenvalue weighted by molar-refractivity contribution is -0.123. The summed E-state index contributed by atoms with van der Waals surface area (Å²) < 4.78 is 27.3. The smallest absolute Gasteiger partial charge is 0.243 e. The number of benzene rings is 1. The Balaban J connectivity index is 1.53. The number of hydrogen-bond acceptors (Lipinski definition) is 5. The van der Waals surface area contributed by atoms with Crippen LogP contribution in [0.15, 0.2) is 29.2 Å². The molecule has 3 rings (SSSR count). The zero-order valence-corrected chi connectivity index (χ0v) is 17.9. The van der Waals surface area contributed by atoms with Crippen molar-refractivity contribution < 1.29 is 13.2 Å². The predicted molar refractivity (Wildman–Crippen MR) is 111 cm³/mol. The van der Waals surface area contributed by atoms with E-state index >= 15 is 0 Å². The number of carbonyl (C=O) groups is 1. The molecule has 2 aliphatic rings. The summed E-state index contributed by atoms with van der Waals surface area (Å²) in [6.07, 6.45) is 5.30. The molecular formula is C21H30N4O3S. The van der Waals surface area contributed by atoms with Gasteiger partial charge in [-0.15, -0.1) is 0 Å². The molecule has 1 saturated carbocycles. The van der Waals surface area contributed by atoms with Crippen molar-refractivity contribution in [1.29, 1.82) is 5.26 Å². The van der Waals surface area contributed by atoms with Gasteiger partial charge in [-0.3, -0.25) is 9.69 Å². The molecule has 1 saturated heterocycles. The fourth-order valence-corrected chi connectivity index (χ4v) is 5.57. The average molecular weight is 419 g/mol. The molecule has 0 atom stereocenters. The first kappa shape index (κ1) is 21.8. The van der Waals surface area contributed by atoms with Gasteiger partial charge in [-0.2, -0.15) is 9.57 Å². The number of carbonyl (C=O) groups excluding carboxylic acids is 1.